The van der Waals surface area contributed by atoms with Gasteiger partial charge in [0.25, 0.3) is 0 Å². The van der Waals surface area contributed by atoms with Gasteiger partial charge >= 0.3 is 0 Å². The van der Waals surface area contributed by atoms with Crippen LogP contribution in [0.1, 0.15) is 37.1 Å². The zero-order valence-corrected chi connectivity index (χ0v) is 11.9. The second kappa shape index (κ2) is 7.36. The molecule has 1 atom stereocenters. The van der Waals surface area contributed by atoms with Gasteiger partial charge in [-0.2, -0.15) is 11.3 Å². The summed E-state index contributed by atoms with van der Waals surface area (Å²) < 4.78 is 12.9. The molecular formula is C15H19FN2S. The highest BCUT2D eigenvalue weighted by molar-refractivity contribution is 7.07. The monoisotopic (exact) mass is 278 g/mol. The van der Waals surface area contributed by atoms with Crippen LogP contribution in [0, 0.1) is 5.82 Å². The molecule has 0 radical (unpaired) electrons. The van der Waals surface area contributed by atoms with Crippen molar-refractivity contribution in [1.82, 2.24) is 10.3 Å². The predicted molar refractivity (Wildman–Crippen MR) is 77.9 cm³/mol. The average molecular weight is 278 g/mol. The number of hydrogen-bond acceptors (Lipinski definition) is 3. The highest BCUT2D eigenvalue weighted by Crippen LogP contribution is 2.19. The highest BCUT2D eigenvalue weighted by Gasteiger charge is 2.12. The second-order valence-corrected chi connectivity index (χ2v) is 5.36. The largest absolute Gasteiger partial charge is 0.309 e. The Balaban J connectivity index is 2.00. The van der Waals surface area contributed by atoms with Gasteiger partial charge in [-0.05, 0) is 60.3 Å². The van der Waals surface area contributed by atoms with Gasteiger partial charge in [0.2, 0.25) is 0 Å². The van der Waals surface area contributed by atoms with Crippen molar-refractivity contribution < 1.29 is 4.39 Å². The van der Waals surface area contributed by atoms with E-state index in [4.69, 9.17) is 0 Å². The Labute approximate surface area is 117 Å². The standard InChI is InChI=1S/C15H19FN2S/c1-2-8-17-14(5-3-12-7-9-19-11-12)15-6-4-13(16)10-18-15/h4,6-7,9-11,14,17H,2-3,5,8H2,1H3. The second-order valence-electron chi connectivity index (χ2n) is 4.58. The molecule has 0 aliphatic rings. The number of pyridine rings is 1. The zero-order chi connectivity index (χ0) is 13.5. The summed E-state index contributed by atoms with van der Waals surface area (Å²) >= 11 is 1.72. The summed E-state index contributed by atoms with van der Waals surface area (Å²) in [5.41, 5.74) is 2.28. The van der Waals surface area contributed by atoms with Gasteiger partial charge in [-0.15, -0.1) is 0 Å². The van der Waals surface area contributed by atoms with Crippen molar-refractivity contribution in [3.05, 3.63) is 52.2 Å². The summed E-state index contributed by atoms with van der Waals surface area (Å²) in [6, 6.07) is 5.60. The molecular weight excluding hydrogens is 259 g/mol. The molecule has 0 saturated carbocycles. The lowest BCUT2D eigenvalue weighted by Gasteiger charge is -2.17. The lowest BCUT2D eigenvalue weighted by atomic mass is 10.0. The first-order valence-corrected chi connectivity index (χ1v) is 7.59. The molecule has 102 valence electrons. The first kappa shape index (κ1) is 14.2. The van der Waals surface area contributed by atoms with Crippen LogP contribution in [0.5, 0.6) is 0 Å². The lowest BCUT2D eigenvalue weighted by molar-refractivity contribution is 0.486. The van der Waals surface area contributed by atoms with Crippen molar-refractivity contribution in [2.45, 2.75) is 32.2 Å². The van der Waals surface area contributed by atoms with Crippen molar-refractivity contribution in [2.24, 2.45) is 0 Å². The van der Waals surface area contributed by atoms with Gasteiger partial charge in [-0.3, -0.25) is 4.98 Å². The summed E-state index contributed by atoms with van der Waals surface area (Å²) in [6.07, 6.45) is 4.37. The summed E-state index contributed by atoms with van der Waals surface area (Å²) in [5.74, 6) is -0.282. The third kappa shape index (κ3) is 4.40. The van der Waals surface area contributed by atoms with E-state index in [0.29, 0.717) is 0 Å². The average Bonchev–Trinajstić information content (AvgIpc) is 2.93. The van der Waals surface area contributed by atoms with E-state index in [1.807, 2.05) is 0 Å². The van der Waals surface area contributed by atoms with Gasteiger partial charge in [0.05, 0.1) is 11.9 Å². The van der Waals surface area contributed by atoms with Gasteiger partial charge in [0.1, 0.15) is 5.82 Å². The fourth-order valence-electron chi connectivity index (χ4n) is 2.01. The maximum absolute atomic E-state index is 12.9. The maximum atomic E-state index is 12.9. The number of halogens is 1. The smallest absolute Gasteiger partial charge is 0.141 e. The van der Waals surface area contributed by atoms with E-state index in [-0.39, 0.29) is 11.9 Å². The van der Waals surface area contributed by atoms with Crippen molar-refractivity contribution in [3.8, 4) is 0 Å². The SMILES string of the molecule is CCCNC(CCc1ccsc1)c1ccc(F)cn1. The number of thiophene rings is 1. The molecule has 1 unspecified atom stereocenters. The third-order valence-electron chi connectivity index (χ3n) is 3.05. The minimum absolute atomic E-state index is 0.195. The molecule has 0 aromatic carbocycles. The molecule has 2 nitrogen and oxygen atoms in total. The van der Waals surface area contributed by atoms with Crippen LogP contribution in [0.15, 0.2) is 35.2 Å². The normalized spacial score (nSPS) is 12.5. The Kier molecular flexibility index (Phi) is 5.48. The number of nitrogens with one attached hydrogen (secondary N) is 1. The Morgan fingerprint density at radius 1 is 1.37 bits per heavy atom. The van der Waals surface area contributed by atoms with Crippen LogP contribution in [0.4, 0.5) is 4.39 Å². The van der Waals surface area contributed by atoms with E-state index >= 15 is 0 Å². The molecule has 0 aliphatic carbocycles. The minimum Gasteiger partial charge on any atom is -0.309 e. The third-order valence-corrected chi connectivity index (χ3v) is 3.78. The molecule has 19 heavy (non-hydrogen) atoms. The number of aromatic nitrogens is 1. The number of hydrogen-bond donors (Lipinski definition) is 1. The van der Waals surface area contributed by atoms with Crippen LogP contribution < -0.4 is 5.32 Å². The first-order valence-electron chi connectivity index (χ1n) is 6.65. The molecule has 2 rings (SSSR count). The van der Waals surface area contributed by atoms with Crippen LogP contribution >= 0.6 is 11.3 Å². The molecule has 0 aliphatic heterocycles. The Morgan fingerprint density at radius 3 is 2.89 bits per heavy atom. The molecule has 4 heteroatoms. The van der Waals surface area contributed by atoms with E-state index in [0.717, 1.165) is 31.5 Å². The van der Waals surface area contributed by atoms with Gasteiger partial charge in [-0.25, -0.2) is 4.39 Å². The minimum atomic E-state index is -0.282. The van der Waals surface area contributed by atoms with E-state index in [1.165, 1.54) is 17.8 Å². The van der Waals surface area contributed by atoms with Crippen LogP contribution in [0.2, 0.25) is 0 Å². The molecule has 0 saturated heterocycles. The molecule has 0 bridgehead atoms. The Morgan fingerprint density at radius 2 is 2.26 bits per heavy atom. The highest BCUT2D eigenvalue weighted by atomic mass is 32.1. The summed E-state index contributed by atoms with van der Waals surface area (Å²) in [5, 5.41) is 7.76. The fraction of sp³-hybridized carbons (Fsp3) is 0.400. The molecule has 2 aromatic heterocycles. The predicted octanol–water partition coefficient (Wildman–Crippen LogP) is 3.96. The van der Waals surface area contributed by atoms with E-state index in [1.54, 1.807) is 17.4 Å². The number of rotatable bonds is 7. The summed E-state index contributed by atoms with van der Waals surface area (Å²) in [7, 11) is 0. The quantitative estimate of drug-likeness (QED) is 0.829. The van der Waals surface area contributed by atoms with Crippen molar-refractivity contribution >= 4 is 11.3 Å². The fourth-order valence-corrected chi connectivity index (χ4v) is 2.72. The molecule has 0 fully saturated rings. The lowest BCUT2D eigenvalue weighted by Crippen LogP contribution is -2.23. The van der Waals surface area contributed by atoms with Crippen LogP contribution in [0.25, 0.3) is 0 Å². The number of nitrogens with zero attached hydrogens (tertiary/aromatic N) is 1. The first-order chi connectivity index (χ1) is 9.29. The van der Waals surface area contributed by atoms with Crippen molar-refractivity contribution in [2.75, 3.05) is 6.54 Å². The van der Waals surface area contributed by atoms with Crippen molar-refractivity contribution in [3.63, 3.8) is 0 Å². The van der Waals surface area contributed by atoms with Crippen LogP contribution in [-0.4, -0.2) is 11.5 Å². The Hall–Kier alpha value is -1.26. The molecule has 1 N–H and O–H groups in total. The molecule has 0 amide bonds. The van der Waals surface area contributed by atoms with Crippen LogP contribution in [-0.2, 0) is 6.42 Å². The van der Waals surface area contributed by atoms with Crippen LogP contribution in [0.3, 0.4) is 0 Å². The molecule has 0 spiro atoms. The van der Waals surface area contributed by atoms with E-state index < -0.39 is 0 Å². The van der Waals surface area contributed by atoms with Gasteiger partial charge < -0.3 is 5.32 Å². The zero-order valence-electron chi connectivity index (χ0n) is 11.1. The molecule has 2 aromatic rings. The van der Waals surface area contributed by atoms with E-state index in [2.05, 4.69) is 34.1 Å². The van der Waals surface area contributed by atoms with Gasteiger partial charge in [0, 0.05) is 6.04 Å². The summed E-state index contributed by atoms with van der Waals surface area (Å²) in [4.78, 5) is 4.20. The van der Waals surface area contributed by atoms with E-state index in [9.17, 15) is 4.39 Å². The maximum Gasteiger partial charge on any atom is 0.141 e. The van der Waals surface area contributed by atoms with Crippen molar-refractivity contribution in [1.29, 1.82) is 0 Å². The topological polar surface area (TPSA) is 24.9 Å². The summed E-state index contributed by atoms with van der Waals surface area (Å²) in [6.45, 7) is 3.09. The van der Waals surface area contributed by atoms with Gasteiger partial charge in [0.15, 0.2) is 0 Å². The van der Waals surface area contributed by atoms with Gasteiger partial charge in [-0.1, -0.05) is 6.92 Å². The Bertz CT molecular complexity index is 467. The molecule has 2 heterocycles. The number of aryl methyl sites for hydroxylation is 1.